The van der Waals surface area contributed by atoms with E-state index in [4.69, 9.17) is 9.15 Å². The molecule has 0 aliphatic carbocycles. The number of allylic oxidation sites excluding steroid dienone is 1. The molecular formula is C33H32FN3O6S. The Kier molecular flexibility index (Phi) is 7.23. The van der Waals surface area contributed by atoms with E-state index >= 15 is 4.39 Å². The monoisotopic (exact) mass is 617 g/mol. The summed E-state index contributed by atoms with van der Waals surface area (Å²) in [5.41, 5.74) is 0.674. The molecule has 0 spiro atoms. The van der Waals surface area contributed by atoms with Gasteiger partial charge in [0.1, 0.15) is 41.4 Å². The second kappa shape index (κ2) is 10.8. The van der Waals surface area contributed by atoms with E-state index in [0.717, 1.165) is 5.56 Å². The molecule has 3 aromatic carbocycles. The number of hydrogen-bond donors (Lipinski definition) is 2. The lowest BCUT2D eigenvalue weighted by atomic mass is 9.88. The van der Waals surface area contributed by atoms with Crippen molar-refractivity contribution < 1.29 is 31.9 Å². The van der Waals surface area contributed by atoms with Crippen molar-refractivity contribution in [3.05, 3.63) is 112 Å². The number of fused-ring (bicyclic) bond motifs is 1. The van der Waals surface area contributed by atoms with Gasteiger partial charge in [-0.05, 0) is 48.6 Å². The second-order valence-electron chi connectivity index (χ2n) is 11.9. The van der Waals surface area contributed by atoms with Crippen LogP contribution in [0.25, 0.3) is 0 Å². The number of aromatic nitrogens is 1. The van der Waals surface area contributed by atoms with Crippen molar-refractivity contribution in [1.29, 1.82) is 0 Å². The minimum absolute atomic E-state index is 0.0531. The number of aromatic hydroxyl groups is 1. The number of oxazole rings is 1. The van der Waals surface area contributed by atoms with Gasteiger partial charge in [0.2, 0.25) is 0 Å². The van der Waals surface area contributed by atoms with E-state index in [2.05, 4.69) is 10.3 Å². The van der Waals surface area contributed by atoms with Gasteiger partial charge in [-0.25, -0.2) is 17.8 Å². The zero-order valence-corrected chi connectivity index (χ0v) is 25.5. The first-order valence-corrected chi connectivity index (χ1v) is 15.8. The van der Waals surface area contributed by atoms with Gasteiger partial charge in [0.25, 0.3) is 5.91 Å². The van der Waals surface area contributed by atoms with E-state index in [9.17, 15) is 18.3 Å². The molecule has 0 saturated heterocycles. The van der Waals surface area contributed by atoms with E-state index in [-0.39, 0.29) is 75.2 Å². The predicted octanol–water partition coefficient (Wildman–Crippen LogP) is 6.59. The molecule has 2 aliphatic rings. The van der Waals surface area contributed by atoms with Crippen LogP contribution in [0.2, 0.25) is 0 Å². The molecule has 228 valence electrons. The zero-order valence-electron chi connectivity index (χ0n) is 24.7. The largest absolute Gasteiger partial charge is 0.506 e. The second-order valence-corrected chi connectivity index (χ2v) is 13.9. The summed E-state index contributed by atoms with van der Waals surface area (Å²) in [4.78, 5) is 19.7. The summed E-state index contributed by atoms with van der Waals surface area (Å²) >= 11 is 0. The molecule has 1 aromatic heterocycles. The van der Waals surface area contributed by atoms with E-state index < -0.39 is 33.0 Å². The van der Waals surface area contributed by atoms with Gasteiger partial charge >= 0.3 is 0 Å². The SMILES string of the molecule is Cc1nc(C(=O)N2c3cccc(O)c3NC3=C([C@@H]2c2ccc(OCc4ccccc4)cc2F)S(=O)(=O)CC(C)(C)C3)c(C)o1. The predicted molar refractivity (Wildman–Crippen MR) is 164 cm³/mol. The minimum atomic E-state index is -4.07. The molecule has 3 heterocycles. The van der Waals surface area contributed by atoms with E-state index in [1.807, 2.05) is 44.2 Å². The molecule has 0 unspecified atom stereocenters. The molecule has 1 atom stereocenters. The van der Waals surface area contributed by atoms with Crippen molar-refractivity contribution in [2.24, 2.45) is 5.41 Å². The number of phenolic OH excluding ortho intramolecular Hbond substituents is 1. The van der Waals surface area contributed by atoms with Crippen LogP contribution in [0.4, 0.5) is 15.8 Å². The van der Waals surface area contributed by atoms with Gasteiger partial charge in [0, 0.05) is 24.3 Å². The Hall–Kier alpha value is -4.64. The van der Waals surface area contributed by atoms with Gasteiger partial charge in [-0.2, -0.15) is 0 Å². The van der Waals surface area contributed by atoms with Crippen molar-refractivity contribution in [2.75, 3.05) is 16.0 Å². The first-order chi connectivity index (χ1) is 20.8. The Bertz CT molecular complexity index is 1920. The maximum atomic E-state index is 16.3. The topological polar surface area (TPSA) is 122 Å². The number of amides is 1. The highest BCUT2D eigenvalue weighted by atomic mass is 32.2. The Morgan fingerprint density at radius 3 is 2.57 bits per heavy atom. The van der Waals surface area contributed by atoms with Crippen LogP contribution in [0.1, 0.15) is 59.6 Å². The molecule has 0 radical (unpaired) electrons. The van der Waals surface area contributed by atoms with Crippen molar-refractivity contribution in [3.63, 3.8) is 0 Å². The summed E-state index contributed by atoms with van der Waals surface area (Å²) < 4.78 is 55.9. The van der Waals surface area contributed by atoms with Crippen LogP contribution in [0.3, 0.4) is 0 Å². The van der Waals surface area contributed by atoms with Gasteiger partial charge < -0.3 is 19.6 Å². The number of carbonyl (C=O) groups is 1. The summed E-state index contributed by atoms with van der Waals surface area (Å²) in [5, 5.41) is 14.1. The normalized spacial score (nSPS) is 18.6. The number of para-hydroxylation sites is 1. The highest BCUT2D eigenvalue weighted by Gasteiger charge is 2.48. The van der Waals surface area contributed by atoms with Crippen LogP contribution in [-0.4, -0.2) is 30.2 Å². The molecule has 2 aliphatic heterocycles. The summed E-state index contributed by atoms with van der Waals surface area (Å²) in [6.45, 7) is 7.02. The van der Waals surface area contributed by atoms with Crippen molar-refractivity contribution in [1.82, 2.24) is 4.98 Å². The van der Waals surface area contributed by atoms with Crippen molar-refractivity contribution >= 4 is 27.1 Å². The number of sulfone groups is 1. The minimum Gasteiger partial charge on any atom is -0.506 e. The highest BCUT2D eigenvalue weighted by molar-refractivity contribution is 7.95. The van der Waals surface area contributed by atoms with Crippen molar-refractivity contribution in [2.45, 2.75) is 46.8 Å². The molecule has 4 aromatic rings. The first-order valence-electron chi connectivity index (χ1n) is 14.1. The van der Waals surface area contributed by atoms with Crippen LogP contribution in [0.15, 0.2) is 81.7 Å². The van der Waals surface area contributed by atoms with Gasteiger partial charge in [-0.15, -0.1) is 0 Å². The van der Waals surface area contributed by atoms with Gasteiger partial charge in [-0.1, -0.05) is 50.2 Å². The number of halogens is 1. The summed E-state index contributed by atoms with van der Waals surface area (Å²) in [6.07, 6.45) is 0.274. The Morgan fingerprint density at radius 2 is 1.89 bits per heavy atom. The van der Waals surface area contributed by atoms with Gasteiger partial charge in [0.05, 0.1) is 16.3 Å². The molecule has 11 heteroatoms. The summed E-state index contributed by atoms with van der Waals surface area (Å²) in [7, 11) is -4.07. The average Bonchev–Trinajstić information content (AvgIpc) is 3.21. The number of ether oxygens (including phenoxy) is 1. The molecule has 0 saturated carbocycles. The van der Waals surface area contributed by atoms with Crippen LogP contribution < -0.4 is 15.0 Å². The number of carbonyl (C=O) groups excluding carboxylic acids is 1. The molecule has 0 bridgehead atoms. The van der Waals surface area contributed by atoms with Crippen LogP contribution >= 0.6 is 0 Å². The summed E-state index contributed by atoms with van der Waals surface area (Å²) in [6, 6.07) is 16.7. The third kappa shape index (κ3) is 5.32. The third-order valence-electron chi connectivity index (χ3n) is 7.77. The fourth-order valence-electron chi connectivity index (χ4n) is 6.01. The number of benzene rings is 3. The number of aryl methyl sites for hydroxylation is 2. The molecule has 44 heavy (non-hydrogen) atoms. The number of anilines is 2. The lowest BCUT2D eigenvalue weighted by molar-refractivity contribution is 0.0974. The standard InChI is InChI=1S/C33H32FN3O6S/c1-19-28(35-20(2)43-19)32(39)37-26-11-8-12-27(38)29(26)36-25-16-33(3,4)18-44(40,41)31(25)30(37)23-14-13-22(15-24(23)34)42-17-21-9-6-5-7-10-21/h5-15,30,36,38H,16-18H2,1-4H3/t30-/m0/s1. The van der Waals surface area contributed by atoms with E-state index in [1.165, 1.54) is 29.2 Å². The van der Waals surface area contributed by atoms with Crippen LogP contribution in [-0.2, 0) is 16.4 Å². The average molecular weight is 618 g/mol. The molecule has 0 fully saturated rings. The molecule has 1 amide bonds. The lowest BCUT2D eigenvalue weighted by Crippen LogP contribution is -2.41. The highest BCUT2D eigenvalue weighted by Crippen LogP contribution is 2.52. The maximum absolute atomic E-state index is 16.3. The Balaban J connectivity index is 1.57. The fourth-order valence-corrected chi connectivity index (χ4v) is 8.37. The van der Waals surface area contributed by atoms with E-state index in [0.29, 0.717) is 0 Å². The molecule has 2 N–H and O–H groups in total. The maximum Gasteiger partial charge on any atom is 0.281 e. The first kappa shape index (κ1) is 29.4. The molecular weight excluding hydrogens is 585 g/mol. The molecule has 9 nitrogen and oxygen atoms in total. The lowest BCUT2D eigenvalue weighted by Gasteiger charge is -2.37. The quantitative estimate of drug-likeness (QED) is 0.241. The zero-order chi connectivity index (χ0) is 31.4. The molecule has 6 rings (SSSR count). The third-order valence-corrected chi connectivity index (χ3v) is 10.1. The number of hydrogen-bond acceptors (Lipinski definition) is 8. The smallest absolute Gasteiger partial charge is 0.281 e. The van der Waals surface area contributed by atoms with Crippen LogP contribution in [0.5, 0.6) is 11.5 Å². The van der Waals surface area contributed by atoms with E-state index in [1.54, 1.807) is 26.0 Å². The summed E-state index contributed by atoms with van der Waals surface area (Å²) in [5.74, 6) is -1.20. The number of nitrogens with one attached hydrogen (secondary N) is 1. The number of rotatable bonds is 5. The van der Waals surface area contributed by atoms with Gasteiger partial charge in [0.15, 0.2) is 21.4 Å². The van der Waals surface area contributed by atoms with Crippen molar-refractivity contribution in [3.8, 4) is 11.5 Å². The van der Waals surface area contributed by atoms with Crippen LogP contribution in [0, 0.1) is 25.1 Å². The fraction of sp³-hybridized carbons (Fsp3) is 0.273. The number of nitrogens with zero attached hydrogens (tertiary/aromatic N) is 2. The Labute approximate surface area is 254 Å². The Morgan fingerprint density at radius 1 is 1.14 bits per heavy atom. The van der Waals surface area contributed by atoms with Gasteiger partial charge in [-0.3, -0.25) is 9.69 Å². The number of phenols is 1.